The van der Waals surface area contributed by atoms with Gasteiger partial charge in [-0.3, -0.25) is 48.3 Å². The van der Waals surface area contributed by atoms with Gasteiger partial charge in [-0.05, 0) is 121 Å². The molecule has 0 radical (unpaired) electrons. The van der Waals surface area contributed by atoms with E-state index in [0.29, 0.717) is 141 Å². The van der Waals surface area contributed by atoms with E-state index in [9.17, 15) is 93.8 Å². The van der Waals surface area contributed by atoms with E-state index in [4.69, 9.17) is 61.7 Å². The molecule has 0 spiro atoms. The molecule has 748 valence electrons. The third-order valence-corrected chi connectivity index (χ3v) is 24.7. The number of likely N-dealkylation sites (tertiary alicyclic amines) is 1. The van der Waals surface area contributed by atoms with Crippen molar-refractivity contribution in [2.75, 3.05) is 152 Å². The zero-order valence-electron chi connectivity index (χ0n) is 76.7. The summed E-state index contributed by atoms with van der Waals surface area (Å²) >= 11 is 0. The topological polar surface area (TPSA) is 591 Å². The first-order valence-electron chi connectivity index (χ1n) is 46.5. The van der Waals surface area contributed by atoms with Crippen molar-refractivity contribution in [3.05, 3.63) is 23.4 Å². The fraction of sp³-hybridized carbons (Fsp3) is 0.851. The summed E-state index contributed by atoms with van der Waals surface area (Å²) in [7, 11) is -3.13. The van der Waals surface area contributed by atoms with Gasteiger partial charge < -0.3 is 154 Å². The van der Waals surface area contributed by atoms with E-state index in [0.717, 1.165) is 70.6 Å². The number of hydrazone groups is 1. The SMILES string of the molecule is COP(=O)([O-])OCCCC1CCCC2C(CCC/C=C/COCCOCCC(=O)N3CCC(C(=O)NC(COCCC(=O)NCCCCCCOC4OC(CO)C(O)C(O)C4NC(C)=O)(COCCC(=O)NCCCCCCOC4OC(CO)C(O)C(O)C4NC(C)=O)COCCC(=O)NCCCCCCOC4OC(CO)C(O)C(O)C4NC(C)=O)CC3)=NNC(C)=C2CC1. The zero-order chi connectivity index (χ0) is 94.6. The molecule has 6 rings (SSSR count). The van der Waals surface area contributed by atoms with Crippen molar-refractivity contribution in [3.8, 4) is 0 Å². The van der Waals surface area contributed by atoms with E-state index < -0.39 is 149 Å². The van der Waals surface area contributed by atoms with Crippen molar-refractivity contribution < 1.29 is 155 Å². The molecule has 8 amide bonds. The monoisotopic (exact) mass is 1880 g/mol. The van der Waals surface area contributed by atoms with Gasteiger partial charge in [0.25, 0.3) is 7.82 Å². The summed E-state index contributed by atoms with van der Waals surface area (Å²) in [6.07, 6.45) is 6.20. The van der Waals surface area contributed by atoms with Crippen LogP contribution in [0.15, 0.2) is 28.5 Å². The second-order valence-electron chi connectivity index (χ2n) is 34.2. The van der Waals surface area contributed by atoms with Crippen molar-refractivity contribution in [1.82, 2.24) is 47.5 Å². The summed E-state index contributed by atoms with van der Waals surface area (Å²) in [4.78, 5) is 117. The number of carbonyl (C=O) groups excluding carboxylic acids is 8. The van der Waals surface area contributed by atoms with Crippen LogP contribution in [-0.4, -0.2) is 353 Å². The fourth-order valence-electron chi connectivity index (χ4n) is 16.4. The van der Waals surface area contributed by atoms with Crippen LogP contribution in [0.3, 0.4) is 0 Å². The number of phosphoric ester groups is 1. The lowest BCUT2D eigenvalue weighted by Gasteiger charge is -2.42. The smallest absolute Gasteiger partial charge is 0.267 e. The van der Waals surface area contributed by atoms with Crippen LogP contribution < -0.4 is 47.5 Å². The highest BCUT2D eigenvalue weighted by Crippen LogP contribution is 2.40. The van der Waals surface area contributed by atoms with Crippen LogP contribution in [-0.2, 0) is 104 Å². The van der Waals surface area contributed by atoms with Gasteiger partial charge in [0.2, 0.25) is 47.3 Å². The normalized spacial score (nSPS) is 26.6. The predicted molar refractivity (Wildman–Crippen MR) is 467 cm³/mol. The number of amides is 8. The van der Waals surface area contributed by atoms with Crippen LogP contribution in [0.2, 0.25) is 0 Å². The molecule has 18 unspecified atom stereocenters. The second-order valence-corrected chi connectivity index (χ2v) is 35.7. The molecule has 5 fully saturated rings. The average molecular weight is 1880 g/mol. The van der Waals surface area contributed by atoms with Crippen LogP contribution in [0.25, 0.3) is 0 Å². The maximum atomic E-state index is 14.7. The molecule has 0 aromatic carbocycles. The predicted octanol–water partition coefficient (Wildman–Crippen LogP) is -0.298. The van der Waals surface area contributed by atoms with E-state index in [2.05, 4.69) is 60.2 Å². The molecule has 18 atom stereocenters. The Kier molecular flexibility index (Phi) is 55.0. The highest BCUT2D eigenvalue weighted by Gasteiger charge is 2.49. The summed E-state index contributed by atoms with van der Waals surface area (Å²) in [5.41, 5.74) is 5.53. The lowest BCUT2D eigenvalue weighted by Crippen LogP contribution is -2.64. The van der Waals surface area contributed by atoms with Crippen LogP contribution in [0.4, 0.5) is 0 Å². The number of nitrogens with one attached hydrogen (secondary N) is 8. The summed E-state index contributed by atoms with van der Waals surface area (Å²) in [6, 6.07) is -3.20. The largest absolute Gasteiger partial charge is 0.756 e. The first-order chi connectivity index (χ1) is 62.5. The first kappa shape index (κ1) is 113. The van der Waals surface area contributed by atoms with Crippen LogP contribution >= 0.6 is 7.82 Å². The Labute approximate surface area is 763 Å². The third-order valence-electron chi connectivity index (χ3n) is 23.8. The number of aliphatic hydroxyl groups excluding tert-OH is 9. The molecule has 0 aromatic rings. The molecular formula is C87H152N10O32P-. The maximum Gasteiger partial charge on any atom is 0.267 e. The minimum Gasteiger partial charge on any atom is -0.756 e. The number of hydrogen-bond donors (Lipinski definition) is 17. The molecule has 4 saturated heterocycles. The molecule has 5 aliphatic heterocycles. The standard InChI is InChI=1S/C87H153N10O32P/c1-58-64-29-28-62(25-23-45-126-130(115,116)117-5)24-22-26-65(64)66(96-95-58)27-14-6-10-18-41-118-50-51-119-49-35-73(107)97-39-30-63(31-40-97)83(114)94-87(55-120-46-32-70(104)88-36-15-7-11-19-42-123-84-74(91-59(2)101)80(111)77(108)67(52-98)127-84,56-121-47-33-71(105)89-37-16-8-12-20-43-124-85-75(92-60(3)102)81(112)78(109)68(53-99)128-85)57-122-48-34-72(106)90-38-17-9-13-21-44-125-86-76(93-61(4)103)82(113)79(110)69(54-100)129-86/h10,18,62-63,65,67-69,74-82,84-86,95,98-100,108-113H,6-9,11-17,19-57H2,1-5H3,(H,88,104)(H,89,105)(H,90,106)(H,91,101)(H,92,102)(H,93,103)(H,94,114)(H,115,116)/p-1/b18-10+. The number of rotatable bonds is 65. The van der Waals surface area contributed by atoms with Gasteiger partial charge in [-0.25, -0.2) is 0 Å². The number of piperidine rings is 1. The van der Waals surface area contributed by atoms with E-state index in [1.54, 1.807) is 4.90 Å². The lowest BCUT2D eigenvalue weighted by molar-refractivity contribution is -0.270. The summed E-state index contributed by atoms with van der Waals surface area (Å²) in [5, 5.41) is 116. The number of ether oxygens (including phenoxy) is 11. The van der Waals surface area contributed by atoms with E-state index in [1.807, 2.05) is 6.08 Å². The van der Waals surface area contributed by atoms with Crippen molar-refractivity contribution in [2.24, 2.45) is 22.9 Å². The number of allylic oxidation sites excluding steroid dienone is 3. The van der Waals surface area contributed by atoms with Gasteiger partial charge in [-0.15, -0.1) is 0 Å². The van der Waals surface area contributed by atoms with E-state index >= 15 is 0 Å². The number of aliphatic hydroxyl groups is 9. The number of phosphoric acid groups is 1. The molecule has 6 aliphatic rings. The fourth-order valence-corrected chi connectivity index (χ4v) is 16.9. The highest BCUT2D eigenvalue weighted by molar-refractivity contribution is 7.45. The minimum absolute atomic E-state index is 0.0782. The quantitative estimate of drug-likeness (QED) is 0.0211. The minimum atomic E-state index is -4.22. The molecule has 0 aromatic heterocycles. The number of fused-ring (bicyclic) bond motifs is 1. The molecule has 1 saturated carbocycles. The van der Waals surface area contributed by atoms with Gasteiger partial charge in [-0.2, -0.15) is 5.10 Å². The second kappa shape index (κ2) is 63.4. The summed E-state index contributed by atoms with van der Waals surface area (Å²) in [5.74, 6) is -2.65. The molecule has 130 heavy (non-hydrogen) atoms. The van der Waals surface area contributed by atoms with Crippen molar-refractivity contribution in [1.29, 1.82) is 0 Å². The van der Waals surface area contributed by atoms with Crippen molar-refractivity contribution >= 4 is 60.8 Å². The van der Waals surface area contributed by atoms with E-state index in [-0.39, 0.29) is 148 Å². The molecule has 0 bridgehead atoms. The Morgan fingerprint density at radius 3 is 1.40 bits per heavy atom. The van der Waals surface area contributed by atoms with Crippen molar-refractivity contribution in [3.63, 3.8) is 0 Å². The average Bonchev–Trinajstić information content (AvgIpc) is 0.813. The van der Waals surface area contributed by atoms with Gasteiger partial charge in [0, 0.05) is 123 Å². The number of carbonyl (C=O) groups is 8. The van der Waals surface area contributed by atoms with Gasteiger partial charge in [0.15, 0.2) is 18.9 Å². The molecular weight excluding hydrogens is 1730 g/mol. The summed E-state index contributed by atoms with van der Waals surface area (Å²) in [6.45, 7) is 6.43. The van der Waals surface area contributed by atoms with Gasteiger partial charge in [0.05, 0.1) is 98.9 Å². The Morgan fingerprint density at radius 2 is 0.962 bits per heavy atom. The molecule has 43 heteroatoms. The van der Waals surface area contributed by atoms with Gasteiger partial charge in [-0.1, -0.05) is 63.5 Å². The zero-order valence-corrected chi connectivity index (χ0v) is 77.6. The maximum absolute atomic E-state index is 14.7. The van der Waals surface area contributed by atoms with E-state index in [1.165, 1.54) is 32.1 Å². The summed E-state index contributed by atoms with van der Waals surface area (Å²) < 4.78 is 85.6. The van der Waals surface area contributed by atoms with Gasteiger partial charge >= 0.3 is 0 Å². The van der Waals surface area contributed by atoms with Crippen LogP contribution in [0.1, 0.15) is 207 Å². The van der Waals surface area contributed by atoms with Crippen molar-refractivity contribution in [2.45, 2.75) is 305 Å². The highest BCUT2D eigenvalue weighted by atomic mass is 31.2. The third kappa shape index (κ3) is 42.1. The first-order valence-corrected chi connectivity index (χ1v) is 48.0. The van der Waals surface area contributed by atoms with Gasteiger partial charge in [0.1, 0.15) is 78.6 Å². The lowest BCUT2D eigenvalue weighted by atomic mass is 9.77. The Balaban J connectivity index is 0.984. The number of unbranched alkanes of at least 4 members (excludes halogenated alkanes) is 10. The van der Waals surface area contributed by atoms with Crippen LogP contribution in [0.5, 0.6) is 0 Å². The number of nitrogens with zero attached hydrogens (tertiary/aromatic N) is 2. The Morgan fingerprint density at radius 1 is 0.523 bits per heavy atom. The molecule has 5 heterocycles. The molecule has 42 nitrogen and oxygen atoms in total. The van der Waals surface area contributed by atoms with Crippen LogP contribution in [0, 0.1) is 17.8 Å². The number of hydrogen-bond acceptors (Lipinski definition) is 34. The Bertz CT molecular complexity index is 3240. The molecule has 17 N–H and O–H groups in total. The molecule has 1 aliphatic carbocycles. The Hall–Kier alpha value is -5.98.